The summed E-state index contributed by atoms with van der Waals surface area (Å²) in [7, 11) is 0. The zero-order valence-corrected chi connectivity index (χ0v) is 17.2. The number of hydrogen-bond donors (Lipinski definition) is 2. The van der Waals surface area contributed by atoms with Gasteiger partial charge in [-0.2, -0.15) is 0 Å². The summed E-state index contributed by atoms with van der Waals surface area (Å²) in [6.45, 7) is 6.48. The van der Waals surface area contributed by atoms with E-state index < -0.39 is 11.7 Å². The maximum atomic E-state index is 12.1. The Balaban J connectivity index is 1.80. The predicted octanol–water partition coefficient (Wildman–Crippen LogP) is 5.86. The maximum absolute atomic E-state index is 12.1. The van der Waals surface area contributed by atoms with Crippen molar-refractivity contribution in [3.05, 3.63) is 27.9 Å². The van der Waals surface area contributed by atoms with E-state index in [1.165, 1.54) is 0 Å². The van der Waals surface area contributed by atoms with E-state index >= 15 is 0 Å². The van der Waals surface area contributed by atoms with Crippen LogP contribution in [0.5, 0.6) is 0 Å². The third-order valence-corrected chi connectivity index (χ3v) is 4.85. The molecule has 1 saturated heterocycles. The fourth-order valence-corrected chi connectivity index (χ4v) is 3.31. The Hall–Kier alpha value is -1.47. The van der Waals surface area contributed by atoms with Crippen molar-refractivity contribution >= 4 is 45.9 Å². The monoisotopic (exact) mass is 414 g/mol. The smallest absolute Gasteiger partial charge is 0.412 e. The van der Waals surface area contributed by atoms with Gasteiger partial charge in [0.25, 0.3) is 0 Å². The molecule has 0 bridgehead atoms. The number of amides is 1. The first kappa shape index (κ1) is 20.3. The van der Waals surface area contributed by atoms with Gasteiger partial charge in [0.2, 0.25) is 0 Å². The van der Waals surface area contributed by atoms with E-state index in [2.05, 4.69) is 10.3 Å². The van der Waals surface area contributed by atoms with E-state index in [-0.39, 0.29) is 6.29 Å². The highest BCUT2D eigenvalue weighted by atomic mass is 35.5. The zero-order chi connectivity index (χ0) is 19.6. The van der Waals surface area contributed by atoms with Crippen molar-refractivity contribution in [2.45, 2.75) is 58.5 Å². The molecule has 2 N–H and O–H groups in total. The van der Waals surface area contributed by atoms with E-state index in [1.54, 1.807) is 26.8 Å². The first-order valence-electron chi connectivity index (χ1n) is 8.96. The van der Waals surface area contributed by atoms with Gasteiger partial charge in [0.1, 0.15) is 5.60 Å². The minimum absolute atomic E-state index is 0.191. The lowest BCUT2D eigenvalue weighted by molar-refractivity contribution is -0.169. The summed E-state index contributed by atoms with van der Waals surface area (Å²) in [4.78, 5) is 15.4. The third-order valence-electron chi connectivity index (χ3n) is 4.06. The lowest BCUT2D eigenvalue weighted by atomic mass is 10.2. The van der Waals surface area contributed by atoms with Crippen molar-refractivity contribution in [3.8, 4) is 0 Å². The van der Waals surface area contributed by atoms with Crippen molar-refractivity contribution in [1.29, 1.82) is 0 Å². The van der Waals surface area contributed by atoms with Gasteiger partial charge >= 0.3 is 6.09 Å². The number of aromatic amines is 1. The van der Waals surface area contributed by atoms with E-state index in [9.17, 15) is 4.79 Å². The lowest BCUT2D eigenvalue weighted by Crippen LogP contribution is -2.27. The Morgan fingerprint density at radius 1 is 1.33 bits per heavy atom. The van der Waals surface area contributed by atoms with Gasteiger partial charge in [0.15, 0.2) is 6.29 Å². The van der Waals surface area contributed by atoms with Crippen molar-refractivity contribution in [2.24, 2.45) is 0 Å². The van der Waals surface area contributed by atoms with Crippen molar-refractivity contribution in [3.63, 3.8) is 0 Å². The number of aromatic nitrogens is 1. The quantitative estimate of drug-likeness (QED) is 0.656. The van der Waals surface area contributed by atoms with Crippen molar-refractivity contribution < 1.29 is 19.0 Å². The second-order valence-electron chi connectivity index (χ2n) is 7.54. The molecule has 1 aromatic heterocycles. The van der Waals surface area contributed by atoms with E-state index in [4.69, 9.17) is 37.4 Å². The summed E-state index contributed by atoms with van der Waals surface area (Å²) < 4.78 is 16.7. The highest BCUT2D eigenvalue weighted by Crippen LogP contribution is 2.37. The highest BCUT2D eigenvalue weighted by Gasteiger charge is 2.20. The van der Waals surface area contributed by atoms with E-state index in [1.807, 2.05) is 6.07 Å². The molecule has 6 nitrogen and oxygen atoms in total. The fourth-order valence-electron chi connectivity index (χ4n) is 2.90. The van der Waals surface area contributed by atoms with Crippen LogP contribution in [0.1, 0.15) is 45.7 Å². The fraction of sp³-hybridized carbons (Fsp3) is 0.526. The molecule has 0 aliphatic carbocycles. The molecule has 0 saturated carbocycles. The SMILES string of the molecule is CC(C)(C)OC(=O)Nc1cc(Cl)c(Cl)c2[nH]c(COC3CCCCO3)cc12. The van der Waals surface area contributed by atoms with E-state index in [0.717, 1.165) is 36.9 Å². The van der Waals surface area contributed by atoms with Gasteiger partial charge < -0.3 is 19.2 Å². The summed E-state index contributed by atoms with van der Waals surface area (Å²) in [5.41, 5.74) is 1.37. The molecule has 1 fully saturated rings. The first-order chi connectivity index (χ1) is 12.7. The number of ether oxygens (including phenoxy) is 3. The van der Waals surface area contributed by atoms with Crippen molar-refractivity contribution in [1.82, 2.24) is 4.98 Å². The molecule has 1 aromatic carbocycles. The Morgan fingerprint density at radius 3 is 2.78 bits per heavy atom. The molecule has 148 valence electrons. The number of fused-ring (bicyclic) bond motifs is 1. The summed E-state index contributed by atoms with van der Waals surface area (Å²) in [6, 6.07) is 3.49. The Kier molecular flexibility index (Phi) is 6.21. The van der Waals surface area contributed by atoms with Crippen LogP contribution in [0.2, 0.25) is 10.0 Å². The van der Waals surface area contributed by atoms with Gasteiger partial charge in [-0.05, 0) is 52.2 Å². The molecule has 0 radical (unpaired) electrons. The number of H-pyrrole nitrogens is 1. The largest absolute Gasteiger partial charge is 0.444 e. The lowest BCUT2D eigenvalue weighted by Gasteiger charge is -2.22. The molecule has 8 heteroatoms. The van der Waals surface area contributed by atoms with Crippen molar-refractivity contribution in [2.75, 3.05) is 11.9 Å². The van der Waals surface area contributed by atoms with Crippen LogP contribution >= 0.6 is 23.2 Å². The molecule has 2 heterocycles. The molecule has 1 unspecified atom stereocenters. The molecule has 0 spiro atoms. The van der Waals surface area contributed by atoms with Gasteiger partial charge in [-0.15, -0.1) is 0 Å². The Morgan fingerprint density at radius 2 is 2.11 bits per heavy atom. The van der Waals surface area contributed by atoms with Crippen LogP contribution in [0.4, 0.5) is 10.5 Å². The molecule has 2 aromatic rings. The Bertz CT molecular complexity index is 823. The number of nitrogens with one attached hydrogen (secondary N) is 2. The maximum Gasteiger partial charge on any atom is 0.412 e. The molecular formula is C19H24Cl2N2O4. The summed E-state index contributed by atoms with van der Waals surface area (Å²) >= 11 is 12.6. The molecule has 1 aliphatic rings. The molecule has 27 heavy (non-hydrogen) atoms. The van der Waals surface area contributed by atoms with Crippen LogP contribution in [-0.4, -0.2) is 29.6 Å². The molecule has 1 amide bonds. The van der Waals surface area contributed by atoms with Crippen LogP contribution < -0.4 is 5.32 Å². The number of benzene rings is 1. The first-order valence-corrected chi connectivity index (χ1v) is 9.71. The molecule has 1 aliphatic heterocycles. The van der Waals surface area contributed by atoms with Crippen LogP contribution in [-0.2, 0) is 20.8 Å². The van der Waals surface area contributed by atoms with Gasteiger partial charge in [0.05, 0.1) is 27.9 Å². The minimum Gasteiger partial charge on any atom is -0.444 e. The average Bonchev–Trinajstić information content (AvgIpc) is 3.02. The van der Waals surface area contributed by atoms with Crippen LogP contribution in [0.3, 0.4) is 0 Å². The van der Waals surface area contributed by atoms with Crippen LogP contribution in [0.15, 0.2) is 12.1 Å². The number of rotatable bonds is 4. The van der Waals surface area contributed by atoms with Gasteiger partial charge in [0, 0.05) is 17.7 Å². The van der Waals surface area contributed by atoms with Gasteiger partial charge in [-0.25, -0.2) is 4.79 Å². The van der Waals surface area contributed by atoms with Gasteiger partial charge in [-0.1, -0.05) is 23.2 Å². The highest BCUT2D eigenvalue weighted by molar-refractivity contribution is 6.45. The predicted molar refractivity (Wildman–Crippen MR) is 107 cm³/mol. The Labute approximate surface area is 168 Å². The average molecular weight is 415 g/mol. The minimum atomic E-state index is -0.601. The molecular weight excluding hydrogens is 391 g/mol. The summed E-state index contributed by atoms with van der Waals surface area (Å²) in [6.07, 6.45) is 2.31. The topological polar surface area (TPSA) is 72.6 Å². The number of hydrogen-bond acceptors (Lipinski definition) is 4. The third kappa shape index (κ3) is 5.29. The molecule has 3 rings (SSSR count). The normalized spacial score (nSPS) is 17.9. The number of anilines is 1. The second-order valence-corrected chi connectivity index (χ2v) is 8.32. The van der Waals surface area contributed by atoms with E-state index in [0.29, 0.717) is 27.9 Å². The number of halogens is 2. The van der Waals surface area contributed by atoms with Crippen LogP contribution in [0.25, 0.3) is 10.9 Å². The van der Waals surface area contributed by atoms with Gasteiger partial charge in [-0.3, -0.25) is 5.32 Å². The summed E-state index contributed by atoms with van der Waals surface area (Å²) in [5, 5.41) is 4.20. The zero-order valence-electron chi connectivity index (χ0n) is 15.7. The standard InChI is InChI=1S/C19H24Cl2N2O4/c1-19(2,3)27-18(24)23-14-9-13(20)16(21)17-12(14)8-11(22-17)10-26-15-6-4-5-7-25-15/h8-9,15,22H,4-7,10H2,1-3H3,(H,23,24). The number of carbonyl (C=O) groups excluding carboxylic acids is 1. The summed E-state index contributed by atoms with van der Waals surface area (Å²) in [5.74, 6) is 0. The number of carbonyl (C=O) groups is 1. The molecule has 1 atom stereocenters. The van der Waals surface area contributed by atoms with Crippen LogP contribution in [0, 0.1) is 0 Å². The second kappa shape index (κ2) is 8.27.